The first kappa shape index (κ1) is 15.4. The van der Waals surface area contributed by atoms with Gasteiger partial charge in [-0.25, -0.2) is 0 Å². The predicted octanol–water partition coefficient (Wildman–Crippen LogP) is 2.60. The van der Waals surface area contributed by atoms with Crippen molar-refractivity contribution in [2.45, 2.75) is 53.6 Å². The van der Waals surface area contributed by atoms with Crippen molar-refractivity contribution in [3.05, 3.63) is 0 Å². The maximum atomic E-state index is 11.6. The maximum absolute atomic E-state index is 11.6. The van der Waals surface area contributed by atoms with E-state index in [0.29, 0.717) is 12.5 Å². The molecule has 0 radical (unpaired) electrons. The number of carbonyl (C=O) groups excluding carboxylic acids is 1. The van der Waals surface area contributed by atoms with Gasteiger partial charge in [0.25, 0.3) is 0 Å². The second kappa shape index (κ2) is 6.89. The van der Waals surface area contributed by atoms with Crippen molar-refractivity contribution in [2.24, 2.45) is 11.8 Å². The van der Waals surface area contributed by atoms with Crippen LogP contribution in [0.2, 0.25) is 0 Å². The number of rotatable bonds is 6. The fraction of sp³-hybridized carbons (Fsp3) is 0.923. The third kappa shape index (κ3) is 8.72. The van der Waals surface area contributed by atoms with Crippen molar-refractivity contribution in [2.75, 3.05) is 13.1 Å². The molecule has 0 aromatic heterocycles. The Morgan fingerprint density at radius 2 is 1.81 bits per heavy atom. The van der Waals surface area contributed by atoms with Gasteiger partial charge in [0, 0.05) is 6.54 Å². The molecule has 0 rings (SSSR count). The van der Waals surface area contributed by atoms with Crippen molar-refractivity contribution in [1.29, 1.82) is 0 Å². The Balaban J connectivity index is 3.72. The van der Waals surface area contributed by atoms with E-state index in [-0.39, 0.29) is 17.5 Å². The Bertz CT molecular complexity index is 206. The Morgan fingerprint density at radius 3 is 2.25 bits per heavy atom. The number of hydrogen-bond donors (Lipinski definition) is 1. The summed E-state index contributed by atoms with van der Waals surface area (Å²) >= 11 is 0. The quantitative estimate of drug-likeness (QED) is 0.562. The number of carbonyl (C=O) groups is 1. The van der Waals surface area contributed by atoms with Crippen LogP contribution in [0.15, 0.2) is 0 Å². The van der Waals surface area contributed by atoms with Crippen molar-refractivity contribution in [1.82, 2.24) is 5.32 Å². The van der Waals surface area contributed by atoms with Gasteiger partial charge in [-0.3, -0.25) is 4.79 Å². The zero-order valence-electron chi connectivity index (χ0n) is 11.6. The first-order valence-electron chi connectivity index (χ1n) is 6.16. The third-order valence-corrected chi connectivity index (χ3v) is 2.16. The number of hydrogen-bond acceptors (Lipinski definition) is 3. The molecule has 0 spiro atoms. The molecular formula is C13H27NO2. The fourth-order valence-corrected chi connectivity index (χ4v) is 1.20. The van der Waals surface area contributed by atoms with Gasteiger partial charge in [0.1, 0.15) is 5.60 Å². The lowest BCUT2D eigenvalue weighted by atomic mass is 10.1. The minimum atomic E-state index is -0.386. The van der Waals surface area contributed by atoms with Gasteiger partial charge in [-0.15, -0.1) is 0 Å². The van der Waals surface area contributed by atoms with Gasteiger partial charge in [0.15, 0.2) is 0 Å². The summed E-state index contributed by atoms with van der Waals surface area (Å²) in [5.41, 5.74) is -0.386. The van der Waals surface area contributed by atoms with Crippen molar-refractivity contribution in [3.63, 3.8) is 0 Å². The van der Waals surface area contributed by atoms with Gasteiger partial charge in [-0.2, -0.15) is 0 Å². The Morgan fingerprint density at radius 1 is 1.25 bits per heavy atom. The number of ether oxygens (including phenoxy) is 1. The smallest absolute Gasteiger partial charge is 0.310 e. The molecule has 3 heteroatoms. The van der Waals surface area contributed by atoms with E-state index >= 15 is 0 Å². The topological polar surface area (TPSA) is 38.3 Å². The van der Waals surface area contributed by atoms with E-state index in [1.165, 1.54) is 0 Å². The Hall–Kier alpha value is -0.570. The highest BCUT2D eigenvalue weighted by Crippen LogP contribution is 2.10. The normalized spacial score (nSPS) is 13.9. The molecule has 16 heavy (non-hydrogen) atoms. The van der Waals surface area contributed by atoms with Crippen LogP contribution in [0.1, 0.15) is 48.0 Å². The van der Waals surface area contributed by atoms with E-state index in [4.69, 9.17) is 4.74 Å². The fourth-order valence-electron chi connectivity index (χ4n) is 1.20. The summed E-state index contributed by atoms with van der Waals surface area (Å²) < 4.78 is 5.30. The summed E-state index contributed by atoms with van der Waals surface area (Å²) in [6, 6.07) is 0. The summed E-state index contributed by atoms with van der Waals surface area (Å²) in [5, 5.41) is 3.28. The molecule has 96 valence electrons. The average molecular weight is 229 g/mol. The van der Waals surface area contributed by atoms with Gasteiger partial charge >= 0.3 is 5.97 Å². The van der Waals surface area contributed by atoms with Crippen LogP contribution in [-0.2, 0) is 9.53 Å². The first-order chi connectivity index (χ1) is 7.22. The molecule has 0 aliphatic carbocycles. The summed E-state index contributed by atoms with van der Waals surface area (Å²) in [5.74, 6) is 0.500. The minimum absolute atomic E-state index is 0.0774. The van der Waals surface area contributed by atoms with E-state index in [0.717, 1.165) is 13.0 Å². The molecule has 0 aromatic carbocycles. The van der Waals surface area contributed by atoms with Crippen LogP contribution in [0.25, 0.3) is 0 Å². The largest absolute Gasteiger partial charge is 0.460 e. The third-order valence-electron chi connectivity index (χ3n) is 2.16. The number of nitrogens with one attached hydrogen (secondary N) is 1. The van der Waals surface area contributed by atoms with Crippen molar-refractivity contribution in [3.8, 4) is 0 Å². The lowest BCUT2D eigenvalue weighted by molar-refractivity contribution is -0.159. The van der Waals surface area contributed by atoms with E-state index in [1.54, 1.807) is 0 Å². The second-order valence-electron chi connectivity index (χ2n) is 5.82. The van der Waals surface area contributed by atoms with Crippen LogP contribution in [0, 0.1) is 11.8 Å². The lowest BCUT2D eigenvalue weighted by Crippen LogP contribution is -2.33. The summed E-state index contributed by atoms with van der Waals surface area (Å²) in [6.45, 7) is 13.6. The van der Waals surface area contributed by atoms with E-state index in [9.17, 15) is 4.79 Å². The highest BCUT2D eigenvalue weighted by Gasteiger charge is 2.21. The van der Waals surface area contributed by atoms with Crippen LogP contribution in [0.4, 0.5) is 0 Å². The number of esters is 1. The van der Waals surface area contributed by atoms with Crippen LogP contribution in [0.3, 0.4) is 0 Å². The maximum Gasteiger partial charge on any atom is 0.310 e. The van der Waals surface area contributed by atoms with E-state index in [1.807, 2.05) is 27.7 Å². The van der Waals surface area contributed by atoms with Crippen molar-refractivity contribution < 1.29 is 9.53 Å². The first-order valence-corrected chi connectivity index (χ1v) is 6.16. The molecule has 1 atom stereocenters. The molecule has 0 aliphatic rings. The molecule has 1 N–H and O–H groups in total. The molecule has 0 aliphatic heterocycles. The standard InChI is InChI=1S/C13H27NO2/c1-10(2)7-8-14-9-11(3)12(15)16-13(4,5)6/h10-11,14H,7-9H2,1-6H3. The molecule has 1 unspecified atom stereocenters. The minimum Gasteiger partial charge on any atom is -0.460 e. The molecule has 0 heterocycles. The van der Waals surface area contributed by atoms with Gasteiger partial charge in [0.05, 0.1) is 5.92 Å². The zero-order chi connectivity index (χ0) is 12.8. The molecule has 0 fully saturated rings. The molecular weight excluding hydrogens is 202 g/mol. The molecule has 0 bridgehead atoms. The van der Waals surface area contributed by atoms with Gasteiger partial charge in [-0.05, 0) is 39.7 Å². The molecule has 3 nitrogen and oxygen atoms in total. The van der Waals surface area contributed by atoms with Crippen LogP contribution in [0.5, 0.6) is 0 Å². The summed E-state index contributed by atoms with van der Waals surface area (Å²) in [7, 11) is 0. The monoisotopic (exact) mass is 229 g/mol. The van der Waals surface area contributed by atoms with Crippen molar-refractivity contribution >= 4 is 5.97 Å². The highest BCUT2D eigenvalue weighted by molar-refractivity contribution is 5.72. The Labute approximate surface area is 99.9 Å². The SMILES string of the molecule is CC(C)CCNCC(C)C(=O)OC(C)(C)C. The van der Waals surface area contributed by atoms with Gasteiger partial charge in [0.2, 0.25) is 0 Å². The lowest BCUT2D eigenvalue weighted by Gasteiger charge is -2.22. The van der Waals surface area contributed by atoms with Gasteiger partial charge in [-0.1, -0.05) is 20.8 Å². The van der Waals surface area contributed by atoms with Crippen LogP contribution < -0.4 is 5.32 Å². The molecule has 0 saturated heterocycles. The second-order valence-corrected chi connectivity index (χ2v) is 5.82. The average Bonchev–Trinajstić information content (AvgIpc) is 2.08. The summed E-state index contributed by atoms with van der Waals surface area (Å²) in [6.07, 6.45) is 1.14. The predicted molar refractivity (Wildman–Crippen MR) is 67.3 cm³/mol. The zero-order valence-corrected chi connectivity index (χ0v) is 11.6. The Kier molecular flexibility index (Phi) is 6.65. The molecule has 0 saturated carbocycles. The van der Waals surface area contributed by atoms with Gasteiger partial charge < -0.3 is 10.1 Å². The van der Waals surface area contributed by atoms with E-state index in [2.05, 4.69) is 19.2 Å². The van der Waals surface area contributed by atoms with Crippen LogP contribution >= 0.6 is 0 Å². The van der Waals surface area contributed by atoms with E-state index < -0.39 is 0 Å². The summed E-state index contributed by atoms with van der Waals surface area (Å²) in [4.78, 5) is 11.6. The molecule has 0 aromatic rings. The molecule has 0 amide bonds. The van der Waals surface area contributed by atoms with Crippen LogP contribution in [-0.4, -0.2) is 24.7 Å². The highest BCUT2D eigenvalue weighted by atomic mass is 16.6.